The highest BCUT2D eigenvalue weighted by atomic mass is 16.5. The molecule has 0 spiro atoms. The molecule has 0 amide bonds. The molecule has 100 valence electrons. The summed E-state index contributed by atoms with van der Waals surface area (Å²) >= 11 is 0. The number of rotatable bonds is 5. The van der Waals surface area contributed by atoms with Crippen molar-refractivity contribution in [2.24, 2.45) is 5.92 Å². The fraction of sp³-hybridized carbons (Fsp3) is 0.600. The van der Waals surface area contributed by atoms with Gasteiger partial charge in [0.15, 0.2) is 0 Å². The van der Waals surface area contributed by atoms with Crippen LogP contribution in [0.3, 0.4) is 0 Å². The van der Waals surface area contributed by atoms with E-state index in [2.05, 4.69) is 24.4 Å². The zero-order valence-corrected chi connectivity index (χ0v) is 11.2. The van der Waals surface area contributed by atoms with Crippen molar-refractivity contribution in [2.45, 2.75) is 38.3 Å². The minimum atomic E-state index is 0.299. The number of benzene rings is 1. The average molecular weight is 249 g/mol. The fourth-order valence-electron chi connectivity index (χ4n) is 2.78. The summed E-state index contributed by atoms with van der Waals surface area (Å²) < 4.78 is 5.16. The first-order valence-electron chi connectivity index (χ1n) is 6.75. The SMILES string of the molecule is COc1ccc(C(C)NC2CCCC2CO)cc1. The van der Waals surface area contributed by atoms with E-state index in [0.29, 0.717) is 24.6 Å². The van der Waals surface area contributed by atoms with Crippen LogP contribution in [0.15, 0.2) is 24.3 Å². The van der Waals surface area contributed by atoms with Crippen LogP contribution in [0.5, 0.6) is 5.75 Å². The van der Waals surface area contributed by atoms with Gasteiger partial charge in [0, 0.05) is 18.7 Å². The molecule has 2 N–H and O–H groups in total. The zero-order valence-electron chi connectivity index (χ0n) is 11.2. The van der Waals surface area contributed by atoms with Crippen LogP contribution >= 0.6 is 0 Å². The van der Waals surface area contributed by atoms with Crippen LogP contribution in [-0.2, 0) is 0 Å². The standard InChI is InChI=1S/C15H23NO2/c1-11(12-6-8-14(18-2)9-7-12)16-15-5-3-4-13(15)10-17/h6-9,11,13,15-17H,3-5,10H2,1-2H3. The molecule has 1 fully saturated rings. The molecule has 3 nitrogen and oxygen atoms in total. The van der Waals surface area contributed by atoms with Crippen LogP contribution in [0.2, 0.25) is 0 Å². The predicted octanol–water partition coefficient (Wildman–Crippen LogP) is 2.51. The summed E-state index contributed by atoms with van der Waals surface area (Å²) in [6.07, 6.45) is 3.54. The Morgan fingerprint density at radius 3 is 2.67 bits per heavy atom. The van der Waals surface area contributed by atoms with Gasteiger partial charge >= 0.3 is 0 Å². The number of aliphatic hydroxyl groups is 1. The molecule has 3 unspecified atom stereocenters. The van der Waals surface area contributed by atoms with Gasteiger partial charge in [0.05, 0.1) is 7.11 Å². The lowest BCUT2D eigenvalue weighted by molar-refractivity contribution is 0.200. The first kappa shape index (κ1) is 13.4. The van der Waals surface area contributed by atoms with Gasteiger partial charge in [-0.05, 0) is 43.4 Å². The van der Waals surface area contributed by atoms with Gasteiger partial charge in [0.2, 0.25) is 0 Å². The van der Waals surface area contributed by atoms with E-state index >= 15 is 0 Å². The predicted molar refractivity (Wildman–Crippen MR) is 72.8 cm³/mol. The Morgan fingerprint density at radius 2 is 2.06 bits per heavy atom. The Bertz CT molecular complexity index is 363. The highest BCUT2D eigenvalue weighted by Crippen LogP contribution is 2.27. The second kappa shape index (κ2) is 6.21. The van der Waals surface area contributed by atoms with Crippen LogP contribution in [0.4, 0.5) is 0 Å². The molecule has 0 saturated heterocycles. The summed E-state index contributed by atoms with van der Waals surface area (Å²) in [5.74, 6) is 1.31. The maximum atomic E-state index is 9.33. The Balaban J connectivity index is 1.95. The first-order valence-corrected chi connectivity index (χ1v) is 6.75. The van der Waals surface area contributed by atoms with Crippen LogP contribution in [0, 0.1) is 5.92 Å². The van der Waals surface area contributed by atoms with E-state index < -0.39 is 0 Å². The molecule has 0 heterocycles. The van der Waals surface area contributed by atoms with E-state index in [4.69, 9.17) is 4.74 Å². The summed E-state index contributed by atoms with van der Waals surface area (Å²) in [6, 6.07) is 8.94. The van der Waals surface area contributed by atoms with Gasteiger partial charge in [-0.25, -0.2) is 0 Å². The lowest BCUT2D eigenvalue weighted by Crippen LogP contribution is -2.35. The molecular formula is C15H23NO2. The van der Waals surface area contributed by atoms with Crippen molar-refractivity contribution in [3.63, 3.8) is 0 Å². The van der Waals surface area contributed by atoms with Crippen molar-refractivity contribution in [3.8, 4) is 5.75 Å². The largest absolute Gasteiger partial charge is 0.497 e. The highest BCUT2D eigenvalue weighted by Gasteiger charge is 2.27. The molecular weight excluding hydrogens is 226 g/mol. The lowest BCUT2D eigenvalue weighted by atomic mass is 10.0. The molecule has 1 saturated carbocycles. The van der Waals surface area contributed by atoms with Gasteiger partial charge < -0.3 is 15.2 Å². The minimum Gasteiger partial charge on any atom is -0.497 e. The summed E-state index contributed by atoms with van der Waals surface area (Å²) in [5.41, 5.74) is 1.26. The molecule has 1 aromatic rings. The van der Waals surface area contributed by atoms with E-state index in [0.717, 1.165) is 12.2 Å². The fourth-order valence-corrected chi connectivity index (χ4v) is 2.78. The van der Waals surface area contributed by atoms with Gasteiger partial charge in [-0.15, -0.1) is 0 Å². The van der Waals surface area contributed by atoms with E-state index in [1.54, 1.807) is 7.11 Å². The second-order valence-corrected chi connectivity index (χ2v) is 5.14. The molecule has 0 aliphatic heterocycles. The Kier molecular flexibility index (Phi) is 4.61. The molecule has 1 aliphatic rings. The van der Waals surface area contributed by atoms with Gasteiger partial charge in [-0.2, -0.15) is 0 Å². The lowest BCUT2D eigenvalue weighted by Gasteiger charge is -2.24. The maximum Gasteiger partial charge on any atom is 0.118 e. The smallest absolute Gasteiger partial charge is 0.118 e. The molecule has 0 bridgehead atoms. The summed E-state index contributed by atoms with van der Waals surface area (Å²) in [6.45, 7) is 2.47. The Labute approximate surface area is 109 Å². The van der Waals surface area contributed by atoms with Crippen molar-refractivity contribution in [1.29, 1.82) is 0 Å². The Morgan fingerprint density at radius 1 is 1.33 bits per heavy atom. The monoisotopic (exact) mass is 249 g/mol. The van der Waals surface area contributed by atoms with Crippen LogP contribution in [0.1, 0.15) is 37.8 Å². The molecule has 1 aromatic carbocycles. The summed E-state index contributed by atoms with van der Waals surface area (Å²) in [7, 11) is 1.68. The van der Waals surface area contributed by atoms with Crippen molar-refractivity contribution in [2.75, 3.05) is 13.7 Å². The second-order valence-electron chi connectivity index (χ2n) is 5.14. The quantitative estimate of drug-likeness (QED) is 0.842. The van der Waals surface area contributed by atoms with Crippen molar-refractivity contribution in [1.82, 2.24) is 5.32 Å². The highest BCUT2D eigenvalue weighted by molar-refractivity contribution is 5.28. The normalized spacial score (nSPS) is 25.1. The number of hydrogen-bond donors (Lipinski definition) is 2. The molecule has 0 radical (unpaired) electrons. The van der Waals surface area contributed by atoms with Crippen LogP contribution < -0.4 is 10.1 Å². The van der Waals surface area contributed by atoms with E-state index in [9.17, 15) is 5.11 Å². The van der Waals surface area contributed by atoms with Crippen molar-refractivity contribution in [3.05, 3.63) is 29.8 Å². The molecule has 0 aromatic heterocycles. The van der Waals surface area contributed by atoms with E-state index in [1.165, 1.54) is 18.4 Å². The molecule has 3 atom stereocenters. The summed E-state index contributed by atoms with van der Waals surface area (Å²) in [5, 5.41) is 13.0. The summed E-state index contributed by atoms with van der Waals surface area (Å²) in [4.78, 5) is 0. The number of aliphatic hydroxyl groups excluding tert-OH is 1. The number of ether oxygens (including phenoxy) is 1. The van der Waals surface area contributed by atoms with Crippen molar-refractivity contribution >= 4 is 0 Å². The number of methoxy groups -OCH3 is 1. The van der Waals surface area contributed by atoms with Gasteiger partial charge in [-0.1, -0.05) is 18.6 Å². The molecule has 3 heteroatoms. The van der Waals surface area contributed by atoms with Crippen molar-refractivity contribution < 1.29 is 9.84 Å². The Hall–Kier alpha value is -1.06. The molecule has 1 aliphatic carbocycles. The third-order valence-corrected chi connectivity index (χ3v) is 3.97. The zero-order chi connectivity index (χ0) is 13.0. The van der Waals surface area contributed by atoms with Crippen LogP contribution in [0.25, 0.3) is 0 Å². The maximum absolute atomic E-state index is 9.33. The van der Waals surface area contributed by atoms with Gasteiger partial charge in [0.1, 0.15) is 5.75 Å². The minimum absolute atomic E-state index is 0.299. The van der Waals surface area contributed by atoms with E-state index in [-0.39, 0.29) is 0 Å². The molecule has 2 rings (SSSR count). The third kappa shape index (κ3) is 3.03. The van der Waals surface area contributed by atoms with Gasteiger partial charge in [0.25, 0.3) is 0 Å². The topological polar surface area (TPSA) is 41.5 Å². The number of hydrogen-bond acceptors (Lipinski definition) is 3. The number of nitrogens with one attached hydrogen (secondary N) is 1. The third-order valence-electron chi connectivity index (χ3n) is 3.97. The first-order chi connectivity index (χ1) is 8.74. The van der Waals surface area contributed by atoms with Crippen LogP contribution in [-0.4, -0.2) is 24.9 Å². The molecule has 18 heavy (non-hydrogen) atoms. The average Bonchev–Trinajstić information content (AvgIpc) is 2.86. The van der Waals surface area contributed by atoms with E-state index in [1.807, 2.05) is 12.1 Å². The van der Waals surface area contributed by atoms with Gasteiger partial charge in [-0.3, -0.25) is 0 Å².